The first-order chi connectivity index (χ1) is 12.4. The molecule has 0 aliphatic heterocycles. The molecule has 0 aliphatic rings. The van der Waals surface area contributed by atoms with E-state index in [4.69, 9.17) is 0 Å². The third-order valence-electron chi connectivity index (χ3n) is 4.33. The van der Waals surface area contributed by atoms with Crippen molar-refractivity contribution in [3.63, 3.8) is 0 Å². The van der Waals surface area contributed by atoms with E-state index in [9.17, 15) is 4.79 Å². The van der Waals surface area contributed by atoms with Crippen LogP contribution in [-0.4, -0.2) is 25.5 Å². The van der Waals surface area contributed by atoms with Gasteiger partial charge in [0.05, 0.1) is 24.5 Å². The zero-order chi connectivity index (χ0) is 18.7. The molecular weight excluding hydrogens is 326 g/mol. The average Bonchev–Trinajstić information content (AvgIpc) is 3.24. The van der Waals surface area contributed by atoms with Crippen LogP contribution >= 0.6 is 0 Å². The number of benzene rings is 1. The summed E-state index contributed by atoms with van der Waals surface area (Å²) < 4.78 is 3.51. The maximum Gasteiger partial charge on any atom is 0.259 e. The standard InChI is InChI=1S/C20H25N5O/c1-5-24-14-16(12-22-24)19(26)23-18-10-11-21-25(18)13-15-6-8-17(9-7-15)20(2,3)4/h6-12,14H,5,13H2,1-4H3,(H,23,26). The van der Waals surface area contributed by atoms with Crippen LogP contribution in [0.25, 0.3) is 0 Å². The highest BCUT2D eigenvalue weighted by atomic mass is 16.1. The average molecular weight is 351 g/mol. The van der Waals surface area contributed by atoms with Gasteiger partial charge in [-0.1, -0.05) is 45.0 Å². The van der Waals surface area contributed by atoms with Crippen molar-refractivity contribution in [2.24, 2.45) is 0 Å². The third-order valence-corrected chi connectivity index (χ3v) is 4.33. The molecule has 1 N–H and O–H groups in total. The maximum absolute atomic E-state index is 12.4. The lowest BCUT2D eigenvalue weighted by molar-refractivity contribution is 0.102. The van der Waals surface area contributed by atoms with Crippen molar-refractivity contribution >= 4 is 11.7 Å². The van der Waals surface area contributed by atoms with Crippen molar-refractivity contribution in [2.45, 2.75) is 46.2 Å². The quantitative estimate of drug-likeness (QED) is 0.762. The molecule has 2 aromatic heterocycles. The number of nitrogens with one attached hydrogen (secondary N) is 1. The van der Waals surface area contributed by atoms with E-state index in [2.05, 4.69) is 60.6 Å². The summed E-state index contributed by atoms with van der Waals surface area (Å²) in [5.41, 5.74) is 3.10. The van der Waals surface area contributed by atoms with Crippen molar-refractivity contribution in [3.05, 3.63) is 65.6 Å². The van der Waals surface area contributed by atoms with E-state index in [1.807, 2.05) is 6.92 Å². The lowest BCUT2D eigenvalue weighted by Crippen LogP contribution is -2.16. The third kappa shape index (κ3) is 4.02. The number of rotatable bonds is 5. The largest absolute Gasteiger partial charge is 0.307 e. The van der Waals surface area contributed by atoms with Gasteiger partial charge < -0.3 is 5.32 Å². The smallest absolute Gasteiger partial charge is 0.259 e. The molecule has 6 heteroatoms. The van der Waals surface area contributed by atoms with Gasteiger partial charge in [0.2, 0.25) is 0 Å². The molecule has 1 aromatic carbocycles. The summed E-state index contributed by atoms with van der Waals surface area (Å²) in [6.07, 6.45) is 5.00. The lowest BCUT2D eigenvalue weighted by Gasteiger charge is -2.19. The first-order valence-electron chi connectivity index (χ1n) is 8.82. The van der Waals surface area contributed by atoms with E-state index in [1.54, 1.807) is 34.0 Å². The molecule has 0 spiro atoms. The summed E-state index contributed by atoms with van der Waals surface area (Å²) in [5.74, 6) is 0.480. The summed E-state index contributed by atoms with van der Waals surface area (Å²) in [4.78, 5) is 12.4. The van der Waals surface area contributed by atoms with Gasteiger partial charge in [-0.05, 0) is 23.5 Å². The highest BCUT2D eigenvalue weighted by Crippen LogP contribution is 2.22. The number of amides is 1. The Bertz CT molecular complexity index is 884. The SMILES string of the molecule is CCn1cc(C(=O)Nc2ccnn2Cc2ccc(C(C)(C)C)cc2)cn1. The van der Waals surface area contributed by atoms with Gasteiger partial charge in [0.1, 0.15) is 5.82 Å². The van der Waals surface area contributed by atoms with Crippen LogP contribution in [0.2, 0.25) is 0 Å². The highest BCUT2D eigenvalue weighted by molar-refractivity contribution is 6.03. The van der Waals surface area contributed by atoms with Crippen LogP contribution in [0.3, 0.4) is 0 Å². The molecule has 0 bridgehead atoms. The Balaban J connectivity index is 1.71. The van der Waals surface area contributed by atoms with Crippen molar-refractivity contribution in [1.82, 2.24) is 19.6 Å². The lowest BCUT2D eigenvalue weighted by atomic mass is 9.87. The van der Waals surface area contributed by atoms with Gasteiger partial charge in [0, 0.05) is 18.8 Å². The van der Waals surface area contributed by atoms with Crippen LogP contribution in [0, 0.1) is 0 Å². The molecule has 26 heavy (non-hydrogen) atoms. The van der Waals surface area contributed by atoms with Crippen molar-refractivity contribution in [2.75, 3.05) is 5.32 Å². The number of anilines is 1. The zero-order valence-corrected chi connectivity index (χ0v) is 15.7. The molecule has 1 amide bonds. The summed E-state index contributed by atoms with van der Waals surface area (Å²) >= 11 is 0. The summed E-state index contributed by atoms with van der Waals surface area (Å²) in [6.45, 7) is 9.91. The first-order valence-corrected chi connectivity index (χ1v) is 8.82. The number of hydrogen-bond acceptors (Lipinski definition) is 3. The van der Waals surface area contributed by atoms with Crippen molar-refractivity contribution < 1.29 is 4.79 Å². The van der Waals surface area contributed by atoms with E-state index in [1.165, 1.54) is 5.56 Å². The van der Waals surface area contributed by atoms with Crippen molar-refractivity contribution in [1.29, 1.82) is 0 Å². The fourth-order valence-corrected chi connectivity index (χ4v) is 2.69. The van der Waals surface area contributed by atoms with Gasteiger partial charge in [-0.15, -0.1) is 0 Å². The minimum atomic E-state index is -0.186. The Morgan fingerprint density at radius 1 is 1.12 bits per heavy atom. The highest BCUT2D eigenvalue weighted by Gasteiger charge is 2.14. The number of aryl methyl sites for hydroxylation is 1. The molecule has 0 aliphatic carbocycles. The summed E-state index contributed by atoms with van der Waals surface area (Å²) in [5, 5.41) is 11.4. The van der Waals surface area contributed by atoms with Gasteiger partial charge in [-0.25, -0.2) is 4.68 Å². The van der Waals surface area contributed by atoms with Gasteiger partial charge >= 0.3 is 0 Å². The predicted octanol–water partition coefficient (Wildman–Crippen LogP) is 3.70. The molecule has 6 nitrogen and oxygen atoms in total. The Morgan fingerprint density at radius 2 is 1.85 bits per heavy atom. The van der Waals surface area contributed by atoms with Crippen LogP contribution in [0.5, 0.6) is 0 Å². The molecule has 0 saturated carbocycles. The van der Waals surface area contributed by atoms with Gasteiger partial charge in [0.15, 0.2) is 0 Å². The van der Waals surface area contributed by atoms with E-state index >= 15 is 0 Å². The van der Waals surface area contributed by atoms with Crippen LogP contribution in [0.15, 0.2) is 48.9 Å². The number of hydrogen-bond donors (Lipinski definition) is 1. The maximum atomic E-state index is 12.4. The molecule has 3 rings (SSSR count). The van der Waals surface area contributed by atoms with Crippen LogP contribution < -0.4 is 5.32 Å². The zero-order valence-electron chi connectivity index (χ0n) is 15.7. The van der Waals surface area contributed by atoms with E-state index < -0.39 is 0 Å². The molecule has 2 heterocycles. The predicted molar refractivity (Wildman–Crippen MR) is 102 cm³/mol. The minimum absolute atomic E-state index is 0.131. The number of aromatic nitrogens is 4. The molecule has 0 atom stereocenters. The summed E-state index contributed by atoms with van der Waals surface area (Å²) in [7, 11) is 0. The molecule has 0 saturated heterocycles. The molecule has 3 aromatic rings. The number of nitrogens with zero attached hydrogens (tertiary/aromatic N) is 4. The van der Waals surface area contributed by atoms with Crippen LogP contribution in [0.1, 0.15) is 49.2 Å². The van der Waals surface area contributed by atoms with Gasteiger partial charge in [-0.2, -0.15) is 10.2 Å². The Morgan fingerprint density at radius 3 is 2.46 bits per heavy atom. The van der Waals surface area contributed by atoms with Gasteiger partial charge in [-0.3, -0.25) is 9.48 Å². The molecule has 0 radical (unpaired) electrons. The Hall–Kier alpha value is -2.89. The van der Waals surface area contributed by atoms with Crippen molar-refractivity contribution in [3.8, 4) is 0 Å². The second-order valence-electron chi connectivity index (χ2n) is 7.36. The number of carbonyl (C=O) groups is 1. The minimum Gasteiger partial charge on any atom is -0.307 e. The Kier molecular flexibility index (Phi) is 4.93. The van der Waals surface area contributed by atoms with Crippen LogP contribution in [0.4, 0.5) is 5.82 Å². The fourth-order valence-electron chi connectivity index (χ4n) is 2.69. The van der Waals surface area contributed by atoms with E-state index in [0.29, 0.717) is 17.9 Å². The van der Waals surface area contributed by atoms with E-state index in [0.717, 1.165) is 12.1 Å². The first kappa shape index (κ1) is 17.9. The fraction of sp³-hybridized carbons (Fsp3) is 0.350. The summed E-state index contributed by atoms with van der Waals surface area (Å²) in [6, 6.07) is 10.3. The molecule has 0 unspecified atom stereocenters. The Labute approximate surface area is 153 Å². The molecule has 0 fully saturated rings. The van der Waals surface area contributed by atoms with Crippen LogP contribution in [-0.2, 0) is 18.5 Å². The second kappa shape index (κ2) is 7.15. The topological polar surface area (TPSA) is 64.7 Å². The monoisotopic (exact) mass is 351 g/mol. The van der Waals surface area contributed by atoms with E-state index in [-0.39, 0.29) is 11.3 Å². The molecular formula is C20H25N5O. The number of carbonyl (C=O) groups excluding carboxylic acids is 1. The molecule has 136 valence electrons. The second-order valence-corrected chi connectivity index (χ2v) is 7.36. The van der Waals surface area contributed by atoms with Gasteiger partial charge in [0.25, 0.3) is 5.91 Å². The normalized spacial score (nSPS) is 11.5.